The Bertz CT molecular complexity index is 1090. The molecular formula is C17H8N2O5. The van der Waals surface area contributed by atoms with Gasteiger partial charge in [0, 0.05) is 40.3 Å². The van der Waals surface area contributed by atoms with E-state index < -0.39 is 9.85 Å². The molecule has 0 radical (unpaired) electrons. The van der Waals surface area contributed by atoms with Crippen LogP contribution >= 0.6 is 0 Å². The van der Waals surface area contributed by atoms with Crippen LogP contribution in [0, 0.1) is 20.2 Å². The number of non-ortho nitro benzene ring substituents is 1. The molecule has 0 heterocycles. The summed E-state index contributed by atoms with van der Waals surface area (Å²) in [6, 6.07) is 11.9. The predicted molar refractivity (Wildman–Crippen MR) is 86.1 cm³/mol. The lowest BCUT2D eigenvalue weighted by atomic mass is 9.82. The van der Waals surface area contributed by atoms with Crippen molar-refractivity contribution in [1.82, 2.24) is 0 Å². The quantitative estimate of drug-likeness (QED) is 0.412. The number of rotatable bonds is 2. The molecule has 0 saturated heterocycles. The van der Waals surface area contributed by atoms with E-state index >= 15 is 0 Å². The summed E-state index contributed by atoms with van der Waals surface area (Å²) >= 11 is 0. The molecule has 3 aromatic rings. The first-order chi connectivity index (χ1) is 11.5. The smallest absolute Gasteiger partial charge is 0.277 e. The van der Waals surface area contributed by atoms with E-state index in [1.807, 2.05) is 0 Å². The normalized spacial score (nSPS) is 12.1. The van der Waals surface area contributed by atoms with Gasteiger partial charge in [0.15, 0.2) is 5.78 Å². The molecule has 1 aliphatic rings. The van der Waals surface area contributed by atoms with Gasteiger partial charge in [-0.2, -0.15) is 0 Å². The minimum Gasteiger partial charge on any atom is -0.289 e. The third-order valence-corrected chi connectivity index (χ3v) is 4.19. The van der Waals surface area contributed by atoms with E-state index in [-0.39, 0.29) is 22.7 Å². The van der Waals surface area contributed by atoms with Crippen molar-refractivity contribution in [2.75, 3.05) is 0 Å². The highest BCUT2D eigenvalue weighted by Gasteiger charge is 2.31. The van der Waals surface area contributed by atoms with Crippen LogP contribution in [-0.2, 0) is 0 Å². The Morgan fingerprint density at radius 3 is 2.29 bits per heavy atom. The third-order valence-electron chi connectivity index (χ3n) is 4.19. The van der Waals surface area contributed by atoms with E-state index in [0.29, 0.717) is 27.5 Å². The van der Waals surface area contributed by atoms with Crippen LogP contribution in [0.15, 0.2) is 48.5 Å². The molecule has 0 atom stereocenters. The SMILES string of the molecule is O=C1c2cc([N+](=O)[O-])ccc2-c2c([N+](=O)[O-])ccc3cccc1c23. The minimum absolute atomic E-state index is 0.110. The van der Waals surface area contributed by atoms with E-state index in [4.69, 9.17) is 0 Å². The van der Waals surface area contributed by atoms with Crippen molar-refractivity contribution >= 4 is 27.9 Å². The Morgan fingerprint density at radius 1 is 0.792 bits per heavy atom. The van der Waals surface area contributed by atoms with Crippen molar-refractivity contribution in [3.05, 3.63) is 79.9 Å². The van der Waals surface area contributed by atoms with Gasteiger partial charge in [0.05, 0.1) is 15.4 Å². The van der Waals surface area contributed by atoms with Crippen LogP contribution in [0.5, 0.6) is 0 Å². The maximum Gasteiger partial charge on any atom is 0.277 e. The van der Waals surface area contributed by atoms with Gasteiger partial charge in [0.2, 0.25) is 0 Å². The number of nitrogens with zero attached hydrogens (tertiary/aromatic N) is 2. The fourth-order valence-corrected chi connectivity index (χ4v) is 3.18. The van der Waals surface area contributed by atoms with Crippen LogP contribution in [-0.4, -0.2) is 15.6 Å². The molecule has 3 aromatic carbocycles. The second-order valence-electron chi connectivity index (χ2n) is 5.44. The molecular weight excluding hydrogens is 312 g/mol. The fourth-order valence-electron chi connectivity index (χ4n) is 3.18. The van der Waals surface area contributed by atoms with E-state index in [1.165, 1.54) is 24.3 Å². The molecule has 0 unspecified atom stereocenters. The number of hydrogen-bond acceptors (Lipinski definition) is 5. The highest BCUT2D eigenvalue weighted by Crippen LogP contribution is 2.45. The summed E-state index contributed by atoms with van der Waals surface area (Å²) in [5.74, 6) is -0.368. The van der Waals surface area contributed by atoms with E-state index in [0.717, 1.165) is 0 Å². The molecule has 0 saturated carbocycles. The Hall–Kier alpha value is -3.61. The molecule has 4 rings (SSSR count). The topological polar surface area (TPSA) is 103 Å². The number of carbonyl (C=O) groups is 1. The maximum atomic E-state index is 12.8. The Labute approximate surface area is 134 Å². The zero-order valence-electron chi connectivity index (χ0n) is 12.1. The van der Waals surface area contributed by atoms with Gasteiger partial charge < -0.3 is 0 Å². The largest absolute Gasteiger partial charge is 0.289 e. The van der Waals surface area contributed by atoms with Crippen molar-refractivity contribution in [1.29, 1.82) is 0 Å². The Morgan fingerprint density at radius 2 is 1.58 bits per heavy atom. The lowest BCUT2D eigenvalue weighted by Crippen LogP contribution is -2.11. The molecule has 0 fully saturated rings. The molecule has 0 aromatic heterocycles. The van der Waals surface area contributed by atoms with Gasteiger partial charge in [-0.05, 0) is 17.5 Å². The van der Waals surface area contributed by atoms with Crippen LogP contribution in [0.4, 0.5) is 11.4 Å². The van der Waals surface area contributed by atoms with Crippen LogP contribution in [0.1, 0.15) is 15.9 Å². The lowest BCUT2D eigenvalue weighted by molar-refractivity contribution is -0.385. The van der Waals surface area contributed by atoms with Crippen LogP contribution in [0.3, 0.4) is 0 Å². The van der Waals surface area contributed by atoms with Crippen LogP contribution in [0.2, 0.25) is 0 Å². The zero-order valence-corrected chi connectivity index (χ0v) is 12.1. The highest BCUT2D eigenvalue weighted by molar-refractivity contribution is 6.27. The lowest BCUT2D eigenvalue weighted by Gasteiger charge is -2.19. The van der Waals surface area contributed by atoms with Gasteiger partial charge in [-0.25, -0.2) is 0 Å². The molecule has 0 N–H and O–H groups in total. The number of carbonyl (C=O) groups excluding carboxylic acids is 1. The Kier molecular flexibility index (Phi) is 2.74. The standard InChI is InChI=1S/C17H8N2O5/c20-17-12-3-1-2-9-4-7-14(19(23)24)16(15(9)12)11-6-5-10(18(21)22)8-13(11)17/h1-8H. The van der Waals surface area contributed by atoms with Gasteiger partial charge in [-0.15, -0.1) is 0 Å². The van der Waals surface area contributed by atoms with Gasteiger partial charge in [0.25, 0.3) is 11.4 Å². The molecule has 1 aliphatic carbocycles. The number of nitro benzene ring substituents is 2. The van der Waals surface area contributed by atoms with Crippen molar-refractivity contribution < 1.29 is 14.6 Å². The average molecular weight is 320 g/mol. The molecule has 7 nitrogen and oxygen atoms in total. The average Bonchev–Trinajstić information content (AvgIpc) is 2.58. The van der Waals surface area contributed by atoms with E-state index in [1.54, 1.807) is 24.3 Å². The fraction of sp³-hybridized carbons (Fsp3) is 0. The molecule has 7 heteroatoms. The van der Waals surface area contributed by atoms with Crippen molar-refractivity contribution in [2.45, 2.75) is 0 Å². The van der Waals surface area contributed by atoms with Crippen molar-refractivity contribution in [2.24, 2.45) is 0 Å². The Balaban J connectivity index is 2.20. The number of fused-ring (bicyclic) bond motifs is 2. The molecule has 0 bridgehead atoms. The first kappa shape index (κ1) is 14.0. The van der Waals surface area contributed by atoms with Gasteiger partial charge in [-0.1, -0.05) is 18.2 Å². The molecule has 24 heavy (non-hydrogen) atoms. The maximum absolute atomic E-state index is 12.8. The number of nitro groups is 2. The second-order valence-corrected chi connectivity index (χ2v) is 5.44. The molecule has 0 aliphatic heterocycles. The molecule has 0 spiro atoms. The third kappa shape index (κ3) is 1.75. The predicted octanol–water partition coefficient (Wildman–Crippen LogP) is 3.87. The summed E-state index contributed by atoms with van der Waals surface area (Å²) in [6.07, 6.45) is 0. The summed E-state index contributed by atoms with van der Waals surface area (Å²) in [7, 11) is 0. The summed E-state index contributed by atoms with van der Waals surface area (Å²) in [5, 5.41) is 23.7. The van der Waals surface area contributed by atoms with E-state index in [9.17, 15) is 25.0 Å². The van der Waals surface area contributed by atoms with Crippen molar-refractivity contribution in [3.63, 3.8) is 0 Å². The summed E-state index contributed by atoms with van der Waals surface area (Å²) in [4.78, 5) is 34.1. The molecule has 116 valence electrons. The summed E-state index contributed by atoms with van der Waals surface area (Å²) in [5.41, 5.74) is 0.755. The van der Waals surface area contributed by atoms with Crippen LogP contribution < -0.4 is 0 Å². The van der Waals surface area contributed by atoms with Gasteiger partial charge in [-0.3, -0.25) is 25.0 Å². The second kappa shape index (κ2) is 4.69. The number of benzene rings is 3. The van der Waals surface area contributed by atoms with Gasteiger partial charge in [0.1, 0.15) is 0 Å². The van der Waals surface area contributed by atoms with E-state index in [2.05, 4.69) is 0 Å². The summed E-state index contributed by atoms with van der Waals surface area (Å²) < 4.78 is 0. The van der Waals surface area contributed by atoms with Crippen LogP contribution in [0.25, 0.3) is 21.9 Å². The minimum atomic E-state index is -0.594. The highest BCUT2D eigenvalue weighted by atomic mass is 16.6. The monoisotopic (exact) mass is 320 g/mol. The van der Waals surface area contributed by atoms with Crippen molar-refractivity contribution in [3.8, 4) is 11.1 Å². The zero-order chi connectivity index (χ0) is 17.0. The number of ketones is 1. The molecule has 0 amide bonds. The van der Waals surface area contributed by atoms with Gasteiger partial charge >= 0.3 is 0 Å². The first-order valence-electron chi connectivity index (χ1n) is 7.02. The number of hydrogen-bond donors (Lipinski definition) is 0. The first-order valence-corrected chi connectivity index (χ1v) is 7.02. The summed E-state index contributed by atoms with van der Waals surface area (Å²) in [6.45, 7) is 0.